The lowest BCUT2D eigenvalue weighted by molar-refractivity contribution is -0.120. The third-order valence-corrected chi connectivity index (χ3v) is 5.30. The molecular weight excluding hydrogens is 430 g/mol. The van der Waals surface area contributed by atoms with Crippen LogP contribution in [0.2, 0.25) is 0 Å². The van der Waals surface area contributed by atoms with E-state index < -0.39 is 11.8 Å². The molecule has 0 radical (unpaired) electrons. The topological polar surface area (TPSA) is 87.7 Å². The standard InChI is InChI=1S/C27H25N3O4/c1-4-34-23-8-6-5-7-22(23)30-26(32)24(19-11-9-17(2)10-12-19)25(27(30)33)29-21-15-13-20(14-16-21)28-18(3)31/h5-16,29H,4H2,1-3H3,(H,28,31). The van der Waals surface area contributed by atoms with Gasteiger partial charge in [0.15, 0.2) is 0 Å². The van der Waals surface area contributed by atoms with E-state index in [2.05, 4.69) is 10.6 Å². The fourth-order valence-corrected chi connectivity index (χ4v) is 3.76. The number of carbonyl (C=O) groups excluding carboxylic acids is 3. The second-order valence-electron chi connectivity index (χ2n) is 7.85. The van der Waals surface area contributed by atoms with Gasteiger partial charge in [-0.15, -0.1) is 0 Å². The molecule has 2 N–H and O–H groups in total. The highest BCUT2D eigenvalue weighted by molar-refractivity contribution is 6.46. The first-order valence-electron chi connectivity index (χ1n) is 11.0. The lowest BCUT2D eigenvalue weighted by atomic mass is 10.0. The van der Waals surface area contributed by atoms with Gasteiger partial charge in [0.25, 0.3) is 11.8 Å². The molecule has 1 heterocycles. The molecule has 0 unspecified atom stereocenters. The molecule has 0 saturated carbocycles. The van der Waals surface area contributed by atoms with Crippen molar-refractivity contribution in [3.05, 3.63) is 89.6 Å². The molecule has 0 aliphatic carbocycles. The molecule has 0 atom stereocenters. The van der Waals surface area contributed by atoms with Crippen molar-refractivity contribution < 1.29 is 19.1 Å². The molecule has 0 saturated heterocycles. The zero-order valence-electron chi connectivity index (χ0n) is 19.2. The van der Waals surface area contributed by atoms with Gasteiger partial charge in [-0.3, -0.25) is 14.4 Å². The van der Waals surface area contributed by atoms with Crippen LogP contribution in [-0.4, -0.2) is 24.3 Å². The van der Waals surface area contributed by atoms with Gasteiger partial charge in [-0.2, -0.15) is 0 Å². The Kier molecular flexibility index (Phi) is 6.45. The molecule has 0 spiro atoms. The highest BCUT2D eigenvalue weighted by Gasteiger charge is 2.41. The first-order chi connectivity index (χ1) is 16.4. The molecule has 7 nitrogen and oxygen atoms in total. The van der Waals surface area contributed by atoms with Crippen LogP contribution in [0.25, 0.3) is 5.57 Å². The van der Waals surface area contributed by atoms with Gasteiger partial charge < -0.3 is 15.4 Å². The molecule has 3 aromatic rings. The van der Waals surface area contributed by atoms with E-state index in [1.165, 1.54) is 6.92 Å². The van der Waals surface area contributed by atoms with Crippen molar-refractivity contribution in [2.75, 3.05) is 22.1 Å². The smallest absolute Gasteiger partial charge is 0.282 e. The zero-order chi connectivity index (χ0) is 24.2. The fourth-order valence-electron chi connectivity index (χ4n) is 3.76. The van der Waals surface area contributed by atoms with Crippen LogP contribution in [0.4, 0.5) is 17.1 Å². The largest absolute Gasteiger partial charge is 0.492 e. The number of nitrogens with zero attached hydrogens (tertiary/aromatic N) is 1. The van der Waals surface area contributed by atoms with Crippen LogP contribution in [-0.2, 0) is 14.4 Å². The molecule has 0 fully saturated rings. The number of hydrogen-bond acceptors (Lipinski definition) is 5. The highest BCUT2D eigenvalue weighted by Crippen LogP contribution is 2.38. The molecule has 7 heteroatoms. The van der Waals surface area contributed by atoms with Crippen LogP contribution < -0.4 is 20.3 Å². The number of rotatable bonds is 7. The van der Waals surface area contributed by atoms with Crippen molar-refractivity contribution in [1.82, 2.24) is 0 Å². The van der Waals surface area contributed by atoms with Gasteiger partial charge in [-0.05, 0) is 55.8 Å². The van der Waals surface area contributed by atoms with Gasteiger partial charge in [0.2, 0.25) is 5.91 Å². The number of ether oxygens (including phenoxy) is 1. The van der Waals surface area contributed by atoms with Crippen molar-refractivity contribution in [3.8, 4) is 5.75 Å². The van der Waals surface area contributed by atoms with E-state index in [1.807, 2.05) is 38.1 Å². The van der Waals surface area contributed by atoms with E-state index in [9.17, 15) is 14.4 Å². The summed E-state index contributed by atoms with van der Waals surface area (Å²) in [5.41, 5.74) is 3.76. The molecule has 34 heavy (non-hydrogen) atoms. The maximum absolute atomic E-state index is 13.6. The minimum atomic E-state index is -0.473. The molecule has 172 valence electrons. The van der Waals surface area contributed by atoms with E-state index in [4.69, 9.17) is 4.74 Å². The van der Waals surface area contributed by atoms with Crippen LogP contribution in [0.3, 0.4) is 0 Å². The van der Waals surface area contributed by atoms with Gasteiger partial charge >= 0.3 is 0 Å². The summed E-state index contributed by atoms with van der Waals surface area (Å²) in [5.74, 6) is -0.627. The summed E-state index contributed by atoms with van der Waals surface area (Å²) in [5, 5.41) is 5.84. The van der Waals surface area contributed by atoms with Gasteiger partial charge in [0.05, 0.1) is 17.9 Å². The summed E-state index contributed by atoms with van der Waals surface area (Å²) in [6.45, 7) is 5.64. The lowest BCUT2D eigenvalue weighted by Crippen LogP contribution is -2.32. The zero-order valence-corrected chi connectivity index (χ0v) is 19.2. The van der Waals surface area contributed by atoms with Crippen LogP contribution in [0.5, 0.6) is 5.75 Å². The molecule has 3 amide bonds. The van der Waals surface area contributed by atoms with Crippen molar-refractivity contribution in [1.29, 1.82) is 0 Å². The summed E-state index contributed by atoms with van der Waals surface area (Å²) in [7, 11) is 0. The number of nitrogens with one attached hydrogen (secondary N) is 2. The maximum atomic E-state index is 13.6. The Bertz CT molecular complexity index is 1280. The van der Waals surface area contributed by atoms with Gasteiger partial charge in [-0.1, -0.05) is 42.0 Å². The van der Waals surface area contributed by atoms with Gasteiger partial charge in [-0.25, -0.2) is 4.90 Å². The predicted octanol–water partition coefficient (Wildman–Crippen LogP) is 4.75. The predicted molar refractivity (Wildman–Crippen MR) is 133 cm³/mol. The summed E-state index contributed by atoms with van der Waals surface area (Å²) >= 11 is 0. The van der Waals surface area contributed by atoms with Crippen molar-refractivity contribution in [3.63, 3.8) is 0 Å². The Morgan fingerprint density at radius 3 is 2.18 bits per heavy atom. The average molecular weight is 456 g/mol. The average Bonchev–Trinajstić information content (AvgIpc) is 3.05. The Morgan fingerprint density at radius 1 is 0.882 bits per heavy atom. The Balaban J connectivity index is 1.76. The third-order valence-electron chi connectivity index (χ3n) is 5.30. The summed E-state index contributed by atoms with van der Waals surface area (Å²) in [4.78, 5) is 39.7. The minimum absolute atomic E-state index is 0.174. The van der Waals surface area contributed by atoms with E-state index in [-0.39, 0.29) is 17.2 Å². The van der Waals surface area contributed by atoms with Crippen LogP contribution in [0.1, 0.15) is 25.0 Å². The Labute approximate surface area is 198 Å². The summed E-state index contributed by atoms with van der Waals surface area (Å²) in [6, 6.07) is 21.4. The van der Waals surface area contributed by atoms with Crippen LogP contribution >= 0.6 is 0 Å². The number of carbonyl (C=O) groups is 3. The Morgan fingerprint density at radius 2 is 1.53 bits per heavy atom. The second kappa shape index (κ2) is 9.62. The van der Waals surface area contributed by atoms with Gasteiger partial charge in [0, 0.05) is 18.3 Å². The maximum Gasteiger partial charge on any atom is 0.282 e. The number of benzene rings is 3. The number of para-hydroxylation sites is 2. The molecule has 0 bridgehead atoms. The molecule has 0 aromatic heterocycles. The number of hydrogen-bond donors (Lipinski definition) is 2. The van der Waals surface area contributed by atoms with Crippen molar-refractivity contribution in [2.45, 2.75) is 20.8 Å². The normalized spacial score (nSPS) is 13.3. The van der Waals surface area contributed by atoms with Crippen LogP contribution in [0, 0.1) is 6.92 Å². The van der Waals surface area contributed by atoms with E-state index in [0.29, 0.717) is 35.0 Å². The highest BCUT2D eigenvalue weighted by atomic mass is 16.5. The van der Waals surface area contributed by atoms with Crippen molar-refractivity contribution in [2.24, 2.45) is 0 Å². The first kappa shape index (κ1) is 22.8. The van der Waals surface area contributed by atoms with Crippen molar-refractivity contribution >= 4 is 40.4 Å². The number of aryl methyl sites for hydroxylation is 1. The number of amides is 3. The first-order valence-corrected chi connectivity index (χ1v) is 11.0. The quantitative estimate of drug-likeness (QED) is 0.502. The summed E-state index contributed by atoms with van der Waals surface area (Å²) in [6.07, 6.45) is 0. The molecule has 1 aliphatic heterocycles. The van der Waals surface area contributed by atoms with Gasteiger partial charge in [0.1, 0.15) is 11.4 Å². The molecular formula is C27H25N3O4. The van der Waals surface area contributed by atoms with E-state index in [0.717, 1.165) is 10.5 Å². The van der Waals surface area contributed by atoms with E-state index >= 15 is 0 Å². The SMILES string of the molecule is CCOc1ccccc1N1C(=O)C(Nc2ccc(NC(C)=O)cc2)=C(c2ccc(C)cc2)C1=O. The Hall–Kier alpha value is -4.39. The molecule has 1 aliphatic rings. The van der Waals surface area contributed by atoms with Crippen LogP contribution in [0.15, 0.2) is 78.5 Å². The fraction of sp³-hybridized carbons (Fsp3) is 0.148. The second-order valence-corrected chi connectivity index (χ2v) is 7.85. The van der Waals surface area contributed by atoms with E-state index in [1.54, 1.807) is 48.5 Å². The number of imide groups is 1. The summed E-state index contributed by atoms with van der Waals surface area (Å²) < 4.78 is 5.68. The minimum Gasteiger partial charge on any atom is -0.492 e. The lowest BCUT2D eigenvalue weighted by Gasteiger charge is -2.19. The third kappa shape index (κ3) is 4.54. The monoisotopic (exact) mass is 455 g/mol. The molecule has 3 aromatic carbocycles. The number of anilines is 3. The molecule has 4 rings (SSSR count).